The molecule has 0 unspecified atom stereocenters. The standard InChI is InChI=1S/C19H25N/c1-19(2,3)18-11-9-17(10-12-18)15-20-14-13-16-7-5-4-6-8-16/h4-12,20H,13-15H2,1-3H3. The Kier molecular flexibility index (Phi) is 4.97. The van der Waals surface area contributed by atoms with Crippen molar-refractivity contribution in [1.29, 1.82) is 0 Å². The average Bonchev–Trinajstić information content (AvgIpc) is 2.44. The summed E-state index contributed by atoms with van der Waals surface area (Å²) in [4.78, 5) is 0. The third-order valence-corrected chi connectivity index (χ3v) is 3.58. The third kappa shape index (κ3) is 4.50. The van der Waals surface area contributed by atoms with Crippen molar-refractivity contribution in [2.75, 3.05) is 6.54 Å². The van der Waals surface area contributed by atoms with Gasteiger partial charge in [-0.25, -0.2) is 0 Å². The molecule has 0 saturated carbocycles. The van der Waals surface area contributed by atoms with Crippen LogP contribution in [0, 0.1) is 0 Å². The summed E-state index contributed by atoms with van der Waals surface area (Å²) in [5.74, 6) is 0. The molecule has 1 N–H and O–H groups in total. The number of benzene rings is 2. The van der Waals surface area contributed by atoms with Crippen molar-refractivity contribution in [3.05, 3.63) is 71.3 Å². The van der Waals surface area contributed by atoms with Crippen molar-refractivity contribution < 1.29 is 0 Å². The van der Waals surface area contributed by atoms with Crippen molar-refractivity contribution >= 4 is 0 Å². The van der Waals surface area contributed by atoms with Crippen molar-refractivity contribution in [3.63, 3.8) is 0 Å². The Labute approximate surface area is 123 Å². The highest BCUT2D eigenvalue weighted by atomic mass is 14.8. The lowest BCUT2D eigenvalue weighted by Gasteiger charge is -2.19. The van der Waals surface area contributed by atoms with Gasteiger partial charge < -0.3 is 5.32 Å². The van der Waals surface area contributed by atoms with Gasteiger partial charge in [-0.1, -0.05) is 75.4 Å². The molecular weight excluding hydrogens is 242 g/mol. The van der Waals surface area contributed by atoms with Gasteiger partial charge in [0.05, 0.1) is 0 Å². The molecule has 0 aliphatic rings. The highest BCUT2D eigenvalue weighted by Crippen LogP contribution is 2.22. The lowest BCUT2D eigenvalue weighted by atomic mass is 9.87. The Bertz CT molecular complexity index is 506. The SMILES string of the molecule is CC(C)(C)c1ccc(CNCCc2ccccc2)cc1. The molecule has 0 atom stereocenters. The Balaban J connectivity index is 1.77. The normalized spacial score (nSPS) is 11.6. The molecule has 1 heteroatoms. The predicted octanol–water partition coefficient (Wildman–Crippen LogP) is 4.32. The van der Waals surface area contributed by atoms with E-state index < -0.39 is 0 Å². The van der Waals surface area contributed by atoms with Gasteiger partial charge in [0, 0.05) is 6.54 Å². The summed E-state index contributed by atoms with van der Waals surface area (Å²) in [6.45, 7) is 8.71. The van der Waals surface area contributed by atoms with Crippen LogP contribution in [0.25, 0.3) is 0 Å². The van der Waals surface area contributed by atoms with Gasteiger partial charge in [-0.2, -0.15) is 0 Å². The second-order valence-corrected chi connectivity index (χ2v) is 6.36. The number of rotatable bonds is 5. The molecule has 0 bridgehead atoms. The van der Waals surface area contributed by atoms with Crippen LogP contribution in [0.1, 0.15) is 37.5 Å². The maximum atomic E-state index is 3.51. The third-order valence-electron chi connectivity index (χ3n) is 3.58. The molecule has 2 aromatic rings. The van der Waals surface area contributed by atoms with Gasteiger partial charge in [-0.3, -0.25) is 0 Å². The summed E-state index contributed by atoms with van der Waals surface area (Å²) in [5, 5.41) is 3.51. The Morgan fingerprint density at radius 1 is 0.800 bits per heavy atom. The van der Waals surface area contributed by atoms with E-state index in [1.165, 1.54) is 16.7 Å². The maximum Gasteiger partial charge on any atom is 0.0205 e. The quantitative estimate of drug-likeness (QED) is 0.796. The minimum absolute atomic E-state index is 0.235. The van der Waals surface area contributed by atoms with Crippen LogP contribution in [0.4, 0.5) is 0 Å². The molecule has 0 radical (unpaired) electrons. The topological polar surface area (TPSA) is 12.0 Å². The zero-order valence-electron chi connectivity index (χ0n) is 12.8. The van der Waals surface area contributed by atoms with E-state index in [0.29, 0.717) is 0 Å². The van der Waals surface area contributed by atoms with Gasteiger partial charge >= 0.3 is 0 Å². The number of hydrogen-bond donors (Lipinski definition) is 1. The van der Waals surface area contributed by atoms with Gasteiger partial charge in [0.15, 0.2) is 0 Å². The van der Waals surface area contributed by atoms with Gasteiger partial charge in [0.1, 0.15) is 0 Å². The fourth-order valence-corrected chi connectivity index (χ4v) is 2.23. The summed E-state index contributed by atoms with van der Waals surface area (Å²) in [6.07, 6.45) is 1.08. The average molecular weight is 267 g/mol. The van der Waals surface area contributed by atoms with E-state index >= 15 is 0 Å². The molecule has 0 aliphatic heterocycles. The van der Waals surface area contributed by atoms with E-state index in [9.17, 15) is 0 Å². The van der Waals surface area contributed by atoms with Crippen LogP contribution >= 0.6 is 0 Å². The molecule has 0 fully saturated rings. The molecule has 0 saturated heterocycles. The molecular formula is C19H25N. The van der Waals surface area contributed by atoms with E-state index in [2.05, 4.69) is 80.7 Å². The van der Waals surface area contributed by atoms with Crippen LogP contribution in [0.3, 0.4) is 0 Å². The fraction of sp³-hybridized carbons (Fsp3) is 0.368. The zero-order valence-corrected chi connectivity index (χ0v) is 12.8. The van der Waals surface area contributed by atoms with Crippen LogP contribution in [-0.2, 0) is 18.4 Å². The van der Waals surface area contributed by atoms with Crippen LogP contribution in [0.15, 0.2) is 54.6 Å². The molecule has 0 spiro atoms. The van der Waals surface area contributed by atoms with Crippen molar-refractivity contribution in [2.45, 2.75) is 39.2 Å². The fourth-order valence-electron chi connectivity index (χ4n) is 2.23. The van der Waals surface area contributed by atoms with Crippen molar-refractivity contribution in [1.82, 2.24) is 5.32 Å². The lowest BCUT2D eigenvalue weighted by Crippen LogP contribution is -2.17. The van der Waals surface area contributed by atoms with Gasteiger partial charge in [0.2, 0.25) is 0 Å². The minimum Gasteiger partial charge on any atom is -0.312 e. The summed E-state index contributed by atoms with van der Waals surface area (Å²) in [6, 6.07) is 19.6. The summed E-state index contributed by atoms with van der Waals surface area (Å²) in [7, 11) is 0. The second-order valence-electron chi connectivity index (χ2n) is 6.36. The lowest BCUT2D eigenvalue weighted by molar-refractivity contribution is 0.589. The first-order valence-electron chi connectivity index (χ1n) is 7.40. The first-order chi connectivity index (χ1) is 9.55. The van der Waals surface area contributed by atoms with E-state index in [-0.39, 0.29) is 5.41 Å². The second kappa shape index (κ2) is 6.71. The van der Waals surface area contributed by atoms with E-state index in [1.54, 1.807) is 0 Å². The summed E-state index contributed by atoms with van der Waals surface area (Å²) >= 11 is 0. The molecule has 1 nitrogen and oxygen atoms in total. The molecule has 2 rings (SSSR count). The van der Waals surface area contributed by atoms with Crippen LogP contribution < -0.4 is 5.32 Å². The van der Waals surface area contributed by atoms with Gasteiger partial charge in [-0.05, 0) is 35.1 Å². The zero-order chi connectivity index (χ0) is 14.4. The van der Waals surface area contributed by atoms with Crippen LogP contribution in [-0.4, -0.2) is 6.54 Å². The monoisotopic (exact) mass is 267 g/mol. The maximum absolute atomic E-state index is 3.51. The van der Waals surface area contributed by atoms with E-state index in [1.807, 2.05) is 0 Å². The Morgan fingerprint density at radius 3 is 2.05 bits per heavy atom. The summed E-state index contributed by atoms with van der Waals surface area (Å²) in [5.41, 5.74) is 4.37. The first-order valence-corrected chi connectivity index (χ1v) is 7.40. The first kappa shape index (κ1) is 14.8. The highest BCUT2D eigenvalue weighted by molar-refractivity contribution is 5.27. The number of hydrogen-bond acceptors (Lipinski definition) is 1. The molecule has 0 heterocycles. The predicted molar refractivity (Wildman–Crippen MR) is 87.0 cm³/mol. The van der Waals surface area contributed by atoms with Gasteiger partial charge in [-0.15, -0.1) is 0 Å². The van der Waals surface area contributed by atoms with Crippen LogP contribution in [0.5, 0.6) is 0 Å². The molecule has 0 aromatic heterocycles. The molecule has 20 heavy (non-hydrogen) atoms. The van der Waals surface area contributed by atoms with Gasteiger partial charge in [0.25, 0.3) is 0 Å². The van der Waals surface area contributed by atoms with E-state index in [4.69, 9.17) is 0 Å². The highest BCUT2D eigenvalue weighted by Gasteiger charge is 2.12. The molecule has 106 valence electrons. The Morgan fingerprint density at radius 2 is 1.45 bits per heavy atom. The summed E-state index contributed by atoms with van der Waals surface area (Å²) < 4.78 is 0. The molecule has 0 aliphatic carbocycles. The molecule has 0 amide bonds. The molecule has 2 aromatic carbocycles. The minimum atomic E-state index is 0.235. The van der Waals surface area contributed by atoms with Crippen molar-refractivity contribution in [3.8, 4) is 0 Å². The van der Waals surface area contributed by atoms with Crippen LogP contribution in [0.2, 0.25) is 0 Å². The van der Waals surface area contributed by atoms with E-state index in [0.717, 1.165) is 19.5 Å². The van der Waals surface area contributed by atoms with Crippen molar-refractivity contribution in [2.24, 2.45) is 0 Å². The Hall–Kier alpha value is -1.60. The largest absolute Gasteiger partial charge is 0.312 e. The smallest absolute Gasteiger partial charge is 0.0205 e. The number of nitrogens with one attached hydrogen (secondary N) is 1.